The summed E-state index contributed by atoms with van der Waals surface area (Å²) in [5, 5.41) is 7.73. The number of ether oxygens (including phenoxy) is 1. The van der Waals surface area contributed by atoms with E-state index in [1.807, 2.05) is 0 Å². The number of nitrogens with two attached hydrogens (primary N) is 1. The molecule has 7 heteroatoms. The molecular formula is C12H16N2O4S. The minimum absolute atomic E-state index is 0.0725. The predicted octanol–water partition coefficient (Wildman–Crippen LogP) is 0.450. The molecule has 0 radical (unpaired) electrons. The first-order valence-electron chi connectivity index (χ1n) is 5.92. The number of primary sulfonamides is 1. The van der Waals surface area contributed by atoms with Crippen LogP contribution in [0.2, 0.25) is 0 Å². The maximum absolute atomic E-state index is 11.8. The van der Waals surface area contributed by atoms with Crippen molar-refractivity contribution in [2.45, 2.75) is 12.2 Å². The maximum atomic E-state index is 11.8. The fourth-order valence-corrected chi connectivity index (χ4v) is 2.56. The number of carbonyl (C=O) groups is 1. The molecule has 1 aliphatic rings. The van der Waals surface area contributed by atoms with Gasteiger partial charge in [-0.1, -0.05) is 12.1 Å². The van der Waals surface area contributed by atoms with Crippen molar-refractivity contribution < 1.29 is 17.9 Å². The molecule has 0 bridgehead atoms. The third-order valence-corrected chi connectivity index (χ3v) is 3.63. The Morgan fingerprint density at radius 1 is 1.37 bits per heavy atom. The van der Waals surface area contributed by atoms with Crippen molar-refractivity contribution in [2.75, 3.05) is 18.5 Å². The van der Waals surface area contributed by atoms with Crippen LogP contribution in [0.1, 0.15) is 12.0 Å². The molecule has 0 spiro atoms. The number of hydrogen-bond donors (Lipinski definition) is 2. The molecule has 1 aromatic carbocycles. The van der Waals surface area contributed by atoms with Gasteiger partial charge >= 0.3 is 0 Å². The van der Waals surface area contributed by atoms with E-state index in [0.717, 1.165) is 6.42 Å². The zero-order valence-electron chi connectivity index (χ0n) is 10.3. The Morgan fingerprint density at radius 2 is 2.05 bits per heavy atom. The Hall–Kier alpha value is -1.44. The molecule has 0 aromatic heterocycles. The second-order valence-corrected chi connectivity index (χ2v) is 6.17. The van der Waals surface area contributed by atoms with E-state index in [9.17, 15) is 13.2 Å². The van der Waals surface area contributed by atoms with E-state index in [-0.39, 0.29) is 17.6 Å². The van der Waals surface area contributed by atoms with Gasteiger partial charge in [0.2, 0.25) is 15.9 Å². The summed E-state index contributed by atoms with van der Waals surface area (Å²) in [6, 6.07) is 6.58. The summed E-state index contributed by atoms with van der Waals surface area (Å²) in [5.41, 5.74) is 1.22. The first kappa shape index (κ1) is 14.0. The third kappa shape index (κ3) is 4.30. The molecule has 1 saturated heterocycles. The van der Waals surface area contributed by atoms with E-state index in [2.05, 4.69) is 5.32 Å². The first-order valence-corrected chi connectivity index (χ1v) is 7.63. The van der Waals surface area contributed by atoms with Crippen molar-refractivity contribution in [3.63, 3.8) is 0 Å². The quantitative estimate of drug-likeness (QED) is 0.838. The molecule has 6 nitrogen and oxygen atoms in total. The lowest BCUT2D eigenvalue weighted by Crippen LogP contribution is -2.22. The Labute approximate surface area is 112 Å². The van der Waals surface area contributed by atoms with E-state index in [0.29, 0.717) is 24.5 Å². The maximum Gasteiger partial charge on any atom is 0.229 e. The average molecular weight is 284 g/mol. The number of sulfonamides is 1. The van der Waals surface area contributed by atoms with Gasteiger partial charge in [0, 0.05) is 12.3 Å². The minimum atomic E-state index is -3.53. The molecule has 19 heavy (non-hydrogen) atoms. The van der Waals surface area contributed by atoms with Crippen molar-refractivity contribution in [3.05, 3.63) is 29.8 Å². The summed E-state index contributed by atoms with van der Waals surface area (Å²) in [5.74, 6) is -0.390. The van der Waals surface area contributed by atoms with E-state index < -0.39 is 10.0 Å². The topological polar surface area (TPSA) is 98.5 Å². The number of amides is 1. The van der Waals surface area contributed by atoms with Crippen LogP contribution < -0.4 is 10.5 Å². The van der Waals surface area contributed by atoms with Crippen LogP contribution in [0.4, 0.5) is 5.69 Å². The average Bonchev–Trinajstić information content (AvgIpc) is 2.83. The fourth-order valence-electron chi connectivity index (χ4n) is 1.90. The summed E-state index contributed by atoms with van der Waals surface area (Å²) in [4.78, 5) is 11.8. The van der Waals surface area contributed by atoms with E-state index in [1.54, 1.807) is 24.3 Å². The highest BCUT2D eigenvalue weighted by molar-refractivity contribution is 7.88. The van der Waals surface area contributed by atoms with Gasteiger partial charge in [0.15, 0.2) is 0 Å². The first-order chi connectivity index (χ1) is 8.94. The van der Waals surface area contributed by atoms with Crippen molar-refractivity contribution in [1.82, 2.24) is 0 Å². The third-order valence-electron chi connectivity index (χ3n) is 2.89. The molecule has 1 heterocycles. The Morgan fingerprint density at radius 3 is 2.58 bits per heavy atom. The molecule has 1 fully saturated rings. The molecule has 1 aliphatic heterocycles. The summed E-state index contributed by atoms with van der Waals surface area (Å²) in [6.45, 7) is 1.07. The van der Waals surface area contributed by atoms with Crippen molar-refractivity contribution >= 4 is 21.6 Å². The van der Waals surface area contributed by atoms with Gasteiger partial charge in [0.05, 0.1) is 18.3 Å². The summed E-state index contributed by atoms with van der Waals surface area (Å²) >= 11 is 0. The Bertz CT molecular complexity index is 548. The monoisotopic (exact) mass is 284 g/mol. The highest BCUT2D eigenvalue weighted by atomic mass is 32.2. The largest absolute Gasteiger partial charge is 0.381 e. The molecule has 1 aromatic rings. The SMILES string of the molecule is NS(=O)(=O)Cc1ccc(NC(=O)C2CCOC2)cc1. The Kier molecular flexibility index (Phi) is 4.18. The van der Waals surface area contributed by atoms with Crippen LogP contribution in [-0.4, -0.2) is 27.5 Å². The number of benzene rings is 1. The van der Waals surface area contributed by atoms with Crippen LogP contribution in [0, 0.1) is 5.92 Å². The molecular weight excluding hydrogens is 268 g/mol. The van der Waals surface area contributed by atoms with Gasteiger partial charge in [-0.25, -0.2) is 13.6 Å². The van der Waals surface area contributed by atoms with Crippen LogP contribution in [0.5, 0.6) is 0 Å². The normalized spacial score (nSPS) is 19.3. The molecule has 1 atom stereocenters. The number of anilines is 1. The standard InChI is InChI=1S/C12H16N2O4S/c13-19(16,17)8-9-1-3-11(4-2-9)14-12(15)10-5-6-18-7-10/h1-4,10H,5-8H2,(H,14,15)(H2,13,16,17). The minimum Gasteiger partial charge on any atom is -0.381 e. The molecule has 2 rings (SSSR count). The van der Waals surface area contributed by atoms with E-state index in [4.69, 9.17) is 9.88 Å². The van der Waals surface area contributed by atoms with Gasteiger partial charge in [-0.3, -0.25) is 4.79 Å². The van der Waals surface area contributed by atoms with Crippen molar-refractivity contribution in [1.29, 1.82) is 0 Å². The zero-order valence-corrected chi connectivity index (χ0v) is 11.2. The molecule has 1 amide bonds. The van der Waals surface area contributed by atoms with Gasteiger partial charge in [-0.15, -0.1) is 0 Å². The highest BCUT2D eigenvalue weighted by Gasteiger charge is 2.23. The number of nitrogens with one attached hydrogen (secondary N) is 1. The summed E-state index contributed by atoms with van der Waals surface area (Å²) in [7, 11) is -3.53. The van der Waals surface area contributed by atoms with Gasteiger partial charge < -0.3 is 10.1 Å². The van der Waals surface area contributed by atoms with Gasteiger partial charge in [0.1, 0.15) is 0 Å². The lowest BCUT2D eigenvalue weighted by atomic mass is 10.1. The summed E-state index contributed by atoms with van der Waals surface area (Å²) in [6.07, 6.45) is 0.731. The molecule has 0 saturated carbocycles. The van der Waals surface area contributed by atoms with E-state index >= 15 is 0 Å². The molecule has 0 aliphatic carbocycles. The zero-order chi connectivity index (χ0) is 13.9. The molecule has 104 valence electrons. The van der Waals surface area contributed by atoms with Crippen molar-refractivity contribution in [3.8, 4) is 0 Å². The predicted molar refractivity (Wildman–Crippen MR) is 70.8 cm³/mol. The smallest absolute Gasteiger partial charge is 0.229 e. The molecule has 3 N–H and O–H groups in total. The number of carbonyl (C=O) groups excluding carboxylic acids is 1. The van der Waals surface area contributed by atoms with Crippen LogP contribution in [0.25, 0.3) is 0 Å². The fraction of sp³-hybridized carbons (Fsp3) is 0.417. The van der Waals surface area contributed by atoms with E-state index in [1.165, 1.54) is 0 Å². The van der Waals surface area contributed by atoms with Gasteiger partial charge in [-0.2, -0.15) is 0 Å². The lowest BCUT2D eigenvalue weighted by molar-refractivity contribution is -0.119. The second kappa shape index (κ2) is 5.68. The number of hydrogen-bond acceptors (Lipinski definition) is 4. The van der Waals surface area contributed by atoms with Crippen LogP contribution in [0.3, 0.4) is 0 Å². The highest BCUT2D eigenvalue weighted by Crippen LogP contribution is 2.16. The van der Waals surface area contributed by atoms with Gasteiger partial charge in [0.25, 0.3) is 0 Å². The van der Waals surface area contributed by atoms with Crippen molar-refractivity contribution in [2.24, 2.45) is 11.1 Å². The molecule has 1 unspecified atom stereocenters. The van der Waals surface area contributed by atoms with Crippen LogP contribution in [-0.2, 0) is 25.3 Å². The van der Waals surface area contributed by atoms with Gasteiger partial charge in [-0.05, 0) is 24.1 Å². The second-order valence-electron chi connectivity index (χ2n) is 4.55. The Balaban J connectivity index is 1.96. The van der Waals surface area contributed by atoms with Crippen LogP contribution in [0.15, 0.2) is 24.3 Å². The lowest BCUT2D eigenvalue weighted by Gasteiger charge is -2.09. The number of rotatable bonds is 4. The summed E-state index contributed by atoms with van der Waals surface area (Å²) < 4.78 is 27.0. The van der Waals surface area contributed by atoms with Crippen LogP contribution >= 0.6 is 0 Å².